The second-order valence-electron chi connectivity index (χ2n) is 1.92. The zero-order chi connectivity index (χ0) is 9.19. The summed E-state index contributed by atoms with van der Waals surface area (Å²) < 4.78 is 31.4. The van der Waals surface area contributed by atoms with Crippen molar-refractivity contribution in [2.75, 3.05) is 0 Å². The third kappa shape index (κ3) is 1.69. The van der Waals surface area contributed by atoms with E-state index in [1.54, 1.807) is 0 Å². The van der Waals surface area contributed by atoms with E-state index in [1.807, 2.05) is 0 Å². The molecule has 0 heterocycles. The van der Waals surface area contributed by atoms with E-state index in [1.165, 1.54) is 18.2 Å². The fourth-order valence-corrected chi connectivity index (χ4v) is 1.24. The second kappa shape index (κ2) is 2.52. The molecule has 0 aromatic heterocycles. The first-order valence-electron chi connectivity index (χ1n) is 3.16. The molecule has 0 saturated heterocycles. The van der Waals surface area contributed by atoms with E-state index in [-0.39, 0.29) is 0 Å². The van der Waals surface area contributed by atoms with Gasteiger partial charge in [0.1, 0.15) is 10.6 Å². The molecule has 0 aliphatic heterocycles. The molecule has 1 aromatic rings. The monoisotopic (exact) mass is 175 g/mol. The molecule has 0 bridgehead atoms. The molecule has 0 amide bonds. The molecular weight excluding hydrogens is 168 g/mol. The lowest BCUT2D eigenvalue weighted by molar-refractivity contribution is 0.443. The standard InChI is InChI=1S/C6H6O4S/c7-5-3-1-2-4-6(5)11(8,9)10/h1-4,7H,(H,8,9,10)/i/hD. The molecule has 2 N–H and O–H groups in total. The summed E-state index contributed by atoms with van der Waals surface area (Å²) in [6, 6.07) is 5.25. The Kier molecular flexibility index (Phi) is 1.52. The maximum Gasteiger partial charge on any atom is 0.298 e. The summed E-state index contributed by atoms with van der Waals surface area (Å²) in [5.41, 5.74) is 0. The van der Waals surface area contributed by atoms with Crippen molar-refractivity contribution in [3.05, 3.63) is 24.3 Å². The molecule has 0 radical (unpaired) electrons. The van der Waals surface area contributed by atoms with Gasteiger partial charge in [-0.05, 0) is 12.1 Å². The van der Waals surface area contributed by atoms with Crippen LogP contribution in [-0.2, 0) is 10.1 Å². The average Bonchev–Trinajstić information content (AvgIpc) is 2.05. The molecule has 1 aromatic carbocycles. The second-order valence-corrected chi connectivity index (χ2v) is 3.27. The van der Waals surface area contributed by atoms with E-state index < -0.39 is 20.8 Å². The van der Waals surface area contributed by atoms with Gasteiger partial charge in [-0.25, -0.2) is 0 Å². The molecule has 0 aliphatic rings. The number of rotatable bonds is 2. The van der Waals surface area contributed by atoms with Crippen LogP contribution in [0.4, 0.5) is 0 Å². The normalized spacial score (nSPS) is 12.5. The molecule has 0 atom stereocenters. The Bertz CT molecular complexity index is 373. The SMILES string of the molecule is [2H]OS(=O)(=O)c1ccccc1O. The lowest BCUT2D eigenvalue weighted by Gasteiger charge is -1.97. The minimum Gasteiger partial charge on any atom is -0.506 e. The Morgan fingerprint density at radius 3 is 2.55 bits per heavy atom. The first kappa shape index (κ1) is 6.63. The number of para-hydroxylation sites is 1. The summed E-state index contributed by atoms with van der Waals surface area (Å²) in [6.07, 6.45) is 0. The number of hydrogen-bond donors (Lipinski definition) is 2. The van der Waals surface area contributed by atoms with Crippen molar-refractivity contribution in [3.63, 3.8) is 0 Å². The zero-order valence-corrected chi connectivity index (χ0v) is 6.21. The largest absolute Gasteiger partial charge is 0.506 e. The molecule has 4 nitrogen and oxygen atoms in total. The molecule has 60 valence electrons. The topological polar surface area (TPSA) is 74.6 Å². The van der Waals surface area contributed by atoms with E-state index >= 15 is 0 Å². The van der Waals surface area contributed by atoms with Crippen LogP contribution < -0.4 is 0 Å². The van der Waals surface area contributed by atoms with Crippen molar-refractivity contribution in [3.8, 4) is 5.75 Å². The van der Waals surface area contributed by atoms with Gasteiger partial charge < -0.3 is 5.11 Å². The Hall–Kier alpha value is -1.07. The van der Waals surface area contributed by atoms with E-state index in [0.29, 0.717) is 0 Å². The van der Waals surface area contributed by atoms with Crippen LogP contribution in [-0.4, -0.2) is 18.1 Å². The van der Waals surface area contributed by atoms with E-state index in [0.717, 1.165) is 6.07 Å². The minimum absolute atomic E-state index is 0.403. The molecule has 1 rings (SSSR count). The van der Waals surface area contributed by atoms with Crippen molar-refractivity contribution < 1.29 is 18.1 Å². The van der Waals surface area contributed by atoms with Crippen LogP contribution in [0.3, 0.4) is 0 Å². The van der Waals surface area contributed by atoms with Crippen LogP contribution in [0, 0.1) is 0 Å². The van der Waals surface area contributed by atoms with Gasteiger partial charge in [-0.1, -0.05) is 12.1 Å². The number of benzene rings is 1. The summed E-state index contributed by atoms with van der Waals surface area (Å²) in [5, 5.41) is 9.03. The summed E-state index contributed by atoms with van der Waals surface area (Å²) in [4.78, 5) is -0.403. The predicted octanol–water partition coefficient (Wildman–Crippen LogP) is 0.639. The van der Waals surface area contributed by atoms with Gasteiger partial charge in [0, 0.05) is 0 Å². The smallest absolute Gasteiger partial charge is 0.298 e. The molecule has 0 fully saturated rings. The van der Waals surface area contributed by atoms with Gasteiger partial charge in [-0.3, -0.25) is 4.56 Å². The van der Waals surface area contributed by atoms with Crippen LogP contribution in [0.5, 0.6) is 5.75 Å². The summed E-state index contributed by atoms with van der Waals surface area (Å²) in [5.74, 6) is -0.426. The highest BCUT2D eigenvalue weighted by atomic mass is 32.2. The number of phenolic OH excluding ortho intramolecular Hbond substituents is 1. The van der Waals surface area contributed by atoms with Crippen molar-refractivity contribution in [2.24, 2.45) is 0 Å². The molecule has 0 aliphatic carbocycles. The van der Waals surface area contributed by atoms with Gasteiger partial charge in [0.25, 0.3) is 10.1 Å². The zero-order valence-electron chi connectivity index (χ0n) is 6.39. The molecule has 11 heavy (non-hydrogen) atoms. The molecule has 0 spiro atoms. The van der Waals surface area contributed by atoms with Gasteiger partial charge in [-0.15, -0.1) is 0 Å². The van der Waals surface area contributed by atoms with Crippen LogP contribution >= 0.6 is 0 Å². The third-order valence-electron chi connectivity index (χ3n) is 1.13. The van der Waals surface area contributed by atoms with Gasteiger partial charge in [0.2, 0.25) is 1.43 Å². The lowest BCUT2D eigenvalue weighted by Crippen LogP contribution is -1.97. The van der Waals surface area contributed by atoms with Crippen molar-refractivity contribution in [2.45, 2.75) is 4.90 Å². The van der Waals surface area contributed by atoms with Crippen molar-refractivity contribution in [1.29, 1.82) is 1.43 Å². The third-order valence-corrected chi connectivity index (χ3v) is 2.02. The first-order chi connectivity index (χ1) is 5.58. The quantitative estimate of drug-likeness (QED) is 0.647. The van der Waals surface area contributed by atoms with E-state index in [9.17, 15) is 8.42 Å². The summed E-state index contributed by atoms with van der Waals surface area (Å²) in [7, 11) is -4.11. The lowest BCUT2D eigenvalue weighted by atomic mass is 10.3. The maximum absolute atomic E-state index is 10.9. The summed E-state index contributed by atoms with van der Waals surface area (Å²) in [6.45, 7) is 0. The molecule has 0 saturated carbocycles. The first-order valence-corrected chi connectivity index (χ1v) is 4.16. The Labute approximate surface area is 65.3 Å². The highest BCUT2D eigenvalue weighted by molar-refractivity contribution is 7.86. The van der Waals surface area contributed by atoms with Gasteiger partial charge in [0.05, 0.1) is 0 Å². The van der Waals surface area contributed by atoms with Crippen LogP contribution in [0.15, 0.2) is 29.2 Å². The van der Waals surface area contributed by atoms with Gasteiger partial charge in [0.15, 0.2) is 0 Å². The van der Waals surface area contributed by atoms with Crippen LogP contribution in [0.1, 0.15) is 0 Å². The maximum atomic E-state index is 10.9. The molecule has 0 unspecified atom stereocenters. The number of phenols is 1. The highest BCUT2D eigenvalue weighted by Gasteiger charge is 2.12. The Morgan fingerprint density at radius 2 is 2.00 bits per heavy atom. The Morgan fingerprint density at radius 1 is 1.36 bits per heavy atom. The van der Waals surface area contributed by atoms with Crippen LogP contribution in [0.25, 0.3) is 1.43 Å². The fraction of sp³-hybridized carbons (Fsp3) is 0. The average molecular weight is 175 g/mol. The van der Waals surface area contributed by atoms with Crippen LogP contribution in [0.2, 0.25) is 0 Å². The predicted molar refractivity (Wildman–Crippen MR) is 37.9 cm³/mol. The van der Waals surface area contributed by atoms with Crippen molar-refractivity contribution in [1.82, 2.24) is 0 Å². The van der Waals surface area contributed by atoms with E-state index in [4.69, 9.17) is 6.54 Å². The van der Waals surface area contributed by atoms with Crippen molar-refractivity contribution >= 4 is 10.1 Å². The molecule has 5 heteroatoms. The van der Waals surface area contributed by atoms with Gasteiger partial charge >= 0.3 is 0 Å². The fourth-order valence-electron chi connectivity index (χ4n) is 0.669. The van der Waals surface area contributed by atoms with Gasteiger partial charge in [-0.2, -0.15) is 8.42 Å². The molecular formula is C6H6O4S. The Balaban J connectivity index is 3.30. The number of hydrogen-bond acceptors (Lipinski definition) is 4. The number of aromatic hydroxyl groups is 1. The minimum atomic E-state index is -4.11. The highest BCUT2D eigenvalue weighted by Crippen LogP contribution is 2.20. The summed E-state index contributed by atoms with van der Waals surface area (Å²) >= 11 is 0. The van der Waals surface area contributed by atoms with E-state index in [2.05, 4.69) is 4.56 Å².